The third kappa shape index (κ3) is 4.79. The van der Waals surface area contributed by atoms with Crippen LogP contribution in [0.1, 0.15) is 13.3 Å². The normalized spacial score (nSPS) is 12.7. The molecule has 0 bridgehead atoms. The molecule has 0 aliphatic carbocycles. The Hall–Kier alpha value is -2.40. The van der Waals surface area contributed by atoms with Crippen molar-refractivity contribution >= 4 is 38.5 Å². The average molecular weight is 376 g/mol. The van der Waals surface area contributed by atoms with Gasteiger partial charge in [0.2, 0.25) is 5.91 Å². The first-order chi connectivity index (χ1) is 11.6. The number of likely N-dealkylation sites (N-methyl/N-ethyl adjacent to an activating group) is 1. The van der Waals surface area contributed by atoms with Crippen LogP contribution in [-0.4, -0.2) is 36.4 Å². The van der Waals surface area contributed by atoms with Gasteiger partial charge in [-0.1, -0.05) is 18.3 Å². The van der Waals surface area contributed by atoms with Crippen LogP contribution in [0.15, 0.2) is 18.2 Å². The minimum atomic E-state index is -4.79. The maximum absolute atomic E-state index is 12.3. The molecule has 1 aromatic heterocycles. The van der Waals surface area contributed by atoms with Gasteiger partial charge in [0.15, 0.2) is 11.3 Å². The summed E-state index contributed by atoms with van der Waals surface area (Å²) in [4.78, 5) is 28.8. The van der Waals surface area contributed by atoms with Crippen molar-refractivity contribution in [3.8, 4) is 5.75 Å². The lowest BCUT2D eigenvalue weighted by Gasteiger charge is -2.19. The van der Waals surface area contributed by atoms with Crippen molar-refractivity contribution < 1.29 is 27.5 Å². The molecule has 25 heavy (non-hydrogen) atoms. The van der Waals surface area contributed by atoms with Gasteiger partial charge >= 0.3 is 6.36 Å². The molecule has 0 radical (unpaired) electrons. The molecule has 3 N–H and O–H groups in total. The Balaban J connectivity index is 2.20. The van der Waals surface area contributed by atoms with Crippen LogP contribution < -0.4 is 20.7 Å². The van der Waals surface area contributed by atoms with Crippen molar-refractivity contribution in [2.24, 2.45) is 5.73 Å². The molecule has 1 atom stereocenters. The van der Waals surface area contributed by atoms with Crippen LogP contribution in [0.25, 0.3) is 10.2 Å². The highest BCUT2D eigenvalue weighted by Crippen LogP contribution is 2.32. The number of carbonyl (C=O) groups excluding carboxylic acids is 2. The standard InChI is InChI=1S/C14H15F3N4O3S/c1-3-10(22)20-11(18)12(23)21(2)13-19-8-5-4-7(6-9(8)25-13)24-14(15,16)17/h4-6,11H,3,18H2,1-2H3,(H,20,22). The molecular formula is C14H15F3N4O3S. The molecule has 0 saturated heterocycles. The summed E-state index contributed by atoms with van der Waals surface area (Å²) in [6.07, 6.45) is -5.86. The highest BCUT2D eigenvalue weighted by atomic mass is 32.1. The summed E-state index contributed by atoms with van der Waals surface area (Å²) in [7, 11) is 1.41. The lowest BCUT2D eigenvalue weighted by molar-refractivity contribution is -0.274. The van der Waals surface area contributed by atoms with E-state index in [1.165, 1.54) is 19.2 Å². The number of ether oxygens (including phenoxy) is 1. The summed E-state index contributed by atoms with van der Waals surface area (Å²) in [5, 5.41) is 2.56. The maximum atomic E-state index is 12.3. The molecule has 2 amide bonds. The first-order valence-corrected chi connectivity index (χ1v) is 7.91. The monoisotopic (exact) mass is 376 g/mol. The van der Waals surface area contributed by atoms with E-state index in [1.54, 1.807) is 6.92 Å². The number of hydrogen-bond acceptors (Lipinski definition) is 6. The second-order valence-electron chi connectivity index (χ2n) is 4.97. The zero-order chi connectivity index (χ0) is 18.8. The van der Waals surface area contributed by atoms with Crippen molar-refractivity contribution in [2.45, 2.75) is 25.9 Å². The fraction of sp³-hybridized carbons (Fsp3) is 0.357. The Bertz CT molecular complexity index is 793. The topological polar surface area (TPSA) is 97.5 Å². The van der Waals surface area contributed by atoms with Gasteiger partial charge in [-0.25, -0.2) is 4.98 Å². The number of nitrogens with zero attached hydrogens (tertiary/aromatic N) is 2. The SMILES string of the molecule is CCC(=O)NC(N)C(=O)N(C)c1nc2ccc(OC(F)(F)F)cc2s1. The molecule has 0 spiro atoms. The van der Waals surface area contributed by atoms with Crippen molar-refractivity contribution in [2.75, 3.05) is 11.9 Å². The van der Waals surface area contributed by atoms with Gasteiger partial charge in [0.05, 0.1) is 10.2 Å². The number of aromatic nitrogens is 1. The van der Waals surface area contributed by atoms with Crippen LogP contribution in [0.5, 0.6) is 5.75 Å². The molecule has 7 nitrogen and oxygen atoms in total. The number of nitrogens with one attached hydrogen (secondary N) is 1. The Morgan fingerprint density at radius 3 is 2.72 bits per heavy atom. The molecule has 1 aromatic carbocycles. The highest BCUT2D eigenvalue weighted by Gasteiger charge is 2.31. The van der Waals surface area contributed by atoms with Crippen LogP contribution in [0, 0.1) is 0 Å². The molecule has 0 aliphatic rings. The van der Waals surface area contributed by atoms with E-state index in [9.17, 15) is 22.8 Å². The van der Waals surface area contributed by atoms with E-state index in [0.717, 1.165) is 22.3 Å². The summed E-state index contributed by atoms with van der Waals surface area (Å²) in [5.41, 5.74) is 6.03. The molecular weight excluding hydrogens is 361 g/mol. The number of nitrogens with two attached hydrogens (primary N) is 1. The summed E-state index contributed by atoms with van der Waals surface area (Å²) in [5.74, 6) is -1.36. The Kier molecular flexibility index (Phi) is 5.48. The number of anilines is 1. The van der Waals surface area contributed by atoms with Gasteiger partial charge in [-0.3, -0.25) is 14.5 Å². The van der Waals surface area contributed by atoms with E-state index < -0.39 is 18.4 Å². The lowest BCUT2D eigenvalue weighted by Crippen LogP contribution is -2.52. The van der Waals surface area contributed by atoms with E-state index in [4.69, 9.17) is 5.73 Å². The van der Waals surface area contributed by atoms with E-state index in [-0.39, 0.29) is 23.2 Å². The second-order valence-corrected chi connectivity index (χ2v) is 5.98. The summed E-state index contributed by atoms with van der Waals surface area (Å²) >= 11 is 0.994. The number of benzene rings is 1. The fourth-order valence-corrected chi connectivity index (χ4v) is 2.83. The van der Waals surface area contributed by atoms with Gasteiger partial charge < -0.3 is 15.8 Å². The van der Waals surface area contributed by atoms with Gasteiger partial charge in [0.25, 0.3) is 5.91 Å². The smallest absolute Gasteiger partial charge is 0.406 e. The molecule has 0 fully saturated rings. The van der Waals surface area contributed by atoms with Crippen LogP contribution in [0.4, 0.5) is 18.3 Å². The molecule has 1 heterocycles. The first kappa shape index (κ1) is 18.9. The number of rotatable bonds is 5. The maximum Gasteiger partial charge on any atom is 0.573 e. The number of halogens is 3. The second kappa shape index (κ2) is 7.23. The third-order valence-electron chi connectivity index (χ3n) is 3.10. The lowest BCUT2D eigenvalue weighted by atomic mass is 10.3. The van der Waals surface area contributed by atoms with Crippen LogP contribution in [0.3, 0.4) is 0 Å². The van der Waals surface area contributed by atoms with Crippen molar-refractivity contribution in [3.63, 3.8) is 0 Å². The number of thiazole rings is 1. The number of fused-ring (bicyclic) bond motifs is 1. The minimum absolute atomic E-state index is 0.174. The first-order valence-electron chi connectivity index (χ1n) is 7.09. The zero-order valence-corrected chi connectivity index (χ0v) is 14.1. The number of alkyl halides is 3. The van der Waals surface area contributed by atoms with Crippen LogP contribution in [-0.2, 0) is 9.59 Å². The van der Waals surface area contributed by atoms with E-state index in [2.05, 4.69) is 15.0 Å². The van der Waals surface area contributed by atoms with Gasteiger partial charge in [0, 0.05) is 19.5 Å². The molecule has 1 unspecified atom stereocenters. The quantitative estimate of drug-likeness (QED) is 0.778. The third-order valence-corrected chi connectivity index (χ3v) is 4.20. The number of hydrogen-bond donors (Lipinski definition) is 2. The predicted molar refractivity (Wildman–Crippen MR) is 86.1 cm³/mol. The van der Waals surface area contributed by atoms with E-state index in [0.29, 0.717) is 10.2 Å². The highest BCUT2D eigenvalue weighted by molar-refractivity contribution is 7.22. The summed E-state index contributed by atoms with van der Waals surface area (Å²) in [6.45, 7) is 1.62. The molecule has 136 valence electrons. The zero-order valence-electron chi connectivity index (χ0n) is 13.3. The van der Waals surface area contributed by atoms with E-state index in [1.807, 2.05) is 0 Å². The number of carbonyl (C=O) groups is 2. The van der Waals surface area contributed by atoms with Gasteiger partial charge in [-0.15, -0.1) is 13.2 Å². The molecule has 0 saturated carbocycles. The molecule has 2 rings (SSSR count). The fourth-order valence-electron chi connectivity index (χ4n) is 1.87. The van der Waals surface area contributed by atoms with Gasteiger partial charge in [0.1, 0.15) is 5.75 Å². The number of amides is 2. The Morgan fingerprint density at radius 2 is 2.12 bits per heavy atom. The Labute approximate surface area is 144 Å². The summed E-state index contributed by atoms with van der Waals surface area (Å²) in [6, 6.07) is 3.67. The predicted octanol–water partition coefficient (Wildman–Crippen LogP) is 1.97. The van der Waals surface area contributed by atoms with Crippen molar-refractivity contribution in [3.05, 3.63) is 18.2 Å². The van der Waals surface area contributed by atoms with Crippen molar-refractivity contribution in [1.82, 2.24) is 10.3 Å². The average Bonchev–Trinajstić information content (AvgIpc) is 2.94. The largest absolute Gasteiger partial charge is 0.573 e. The van der Waals surface area contributed by atoms with E-state index >= 15 is 0 Å². The summed E-state index contributed by atoms with van der Waals surface area (Å²) < 4.78 is 41.1. The molecule has 0 aliphatic heterocycles. The molecule has 2 aromatic rings. The van der Waals surface area contributed by atoms with Crippen LogP contribution in [0.2, 0.25) is 0 Å². The van der Waals surface area contributed by atoms with Gasteiger partial charge in [-0.2, -0.15) is 0 Å². The molecule has 11 heteroatoms. The van der Waals surface area contributed by atoms with Gasteiger partial charge in [-0.05, 0) is 12.1 Å². The van der Waals surface area contributed by atoms with Crippen LogP contribution >= 0.6 is 11.3 Å². The van der Waals surface area contributed by atoms with Crippen molar-refractivity contribution in [1.29, 1.82) is 0 Å². The Morgan fingerprint density at radius 1 is 1.44 bits per heavy atom. The minimum Gasteiger partial charge on any atom is -0.406 e.